The molecular weight excluding hydrogens is 348 g/mol. The average molecular weight is 367 g/mol. The second-order valence-corrected chi connectivity index (χ2v) is 6.77. The van der Waals surface area contributed by atoms with Crippen LogP contribution in [0.5, 0.6) is 0 Å². The van der Waals surface area contributed by atoms with Gasteiger partial charge in [-0.05, 0) is 18.2 Å². The number of hydrogen-bond donors (Lipinski definition) is 0. The highest BCUT2D eigenvalue weighted by Crippen LogP contribution is 2.22. The number of nitrogens with zero attached hydrogens (tertiary/aromatic N) is 4. The van der Waals surface area contributed by atoms with Gasteiger partial charge in [0.15, 0.2) is 5.16 Å². The van der Waals surface area contributed by atoms with Crippen molar-refractivity contribution in [2.24, 2.45) is 0 Å². The maximum Gasteiger partial charge on any atom is 0.241 e. The third kappa shape index (κ3) is 4.75. The first-order valence-corrected chi connectivity index (χ1v) is 8.61. The van der Waals surface area contributed by atoms with Crippen LogP contribution in [0.3, 0.4) is 0 Å². The molecule has 2 rings (SSSR count). The van der Waals surface area contributed by atoms with Crippen molar-refractivity contribution in [3.05, 3.63) is 41.7 Å². The van der Waals surface area contributed by atoms with Gasteiger partial charge in [-0.2, -0.15) is 0 Å². The third-order valence-electron chi connectivity index (χ3n) is 3.31. The molecule has 0 bridgehead atoms. The molecular formula is C16H19ClN4O2S. The van der Waals surface area contributed by atoms with Gasteiger partial charge in [-0.1, -0.05) is 29.4 Å². The van der Waals surface area contributed by atoms with Crippen LogP contribution in [-0.2, 0) is 9.59 Å². The van der Waals surface area contributed by atoms with Gasteiger partial charge in [0.05, 0.1) is 12.3 Å². The van der Waals surface area contributed by atoms with Crippen LogP contribution >= 0.6 is 23.4 Å². The molecule has 128 valence electrons. The Morgan fingerprint density at radius 1 is 1.25 bits per heavy atom. The summed E-state index contributed by atoms with van der Waals surface area (Å²) in [6.45, 7) is 0.0646. The molecule has 0 aliphatic rings. The molecule has 8 heteroatoms. The van der Waals surface area contributed by atoms with E-state index in [2.05, 4.69) is 4.98 Å². The molecule has 1 heterocycles. The van der Waals surface area contributed by atoms with Gasteiger partial charge in [-0.25, -0.2) is 4.98 Å². The van der Waals surface area contributed by atoms with E-state index in [1.165, 1.54) is 21.6 Å². The Hall–Kier alpha value is -1.99. The molecule has 0 radical (unpaired) electrons. The van der Waals surface area contributed by atoms with Crippen LogP contribution in [0.25, 0.3) is 5.69 Å². The molecule has 6 nitrogen and oxygen atoms in total. The predicted molar refractivity (Wildman–Crippen MR) is 95.6 cm³/mol. The van der Waals surface area contributed by atoms with Gasteiger partial charge >= 0.3 is 0 Å². The predicted octanol–water partition coefficient (Wildman–Crippen LogP) is 2.16. The molecule has 1 aromatic carbocycles. The minimum atomic E-state index is -0.129. The van der Waals surface area contributed by atoms with Crippen molar-refractivity contribution in [2.75, 3.05) is 33.4 Å². The second-order valence-electron chi connectivity index (χ2n) is 5.39. The lowest BCUT2D eigenvalue weighted by molar-refractivity contribution is -0.136. The summed E-state index contributed by atoms with van der Waals surface area (Å²) in [5, 5.41) is 1.33. The van der Waals surface area contributed by atoms with E-state index in [1.54, 1.807) is 33.4 Å². The van der Waals surface area contributed by atoms with E-state index in [0.717, 1.165) is 5.69 Å². The van der Waals surface area contributed by atoms with Crippen molar-refractivity contribution in [3.63, 3.8) is 0 Å². The summed E-state index contributed by atoms with van der Waals surface area (Å²) >= 11 is 7.34. The van der Waals surface area contributed by atoms with Crippen molar-refractivity contribution >= 4 is 35.2 Å². The molecule has 0 fully saturated rings. The van der Waals surface area contributed by atoms with E-state index in [4.69, 9.17) is 11.6 Å². The van der Waals surface area contributed by atoms with Crippen LogP contribution in [0.4, 0.5) is 0 Å². The Labute approximate surface area is 150 Å². The highest BCUT2D eigenvalue weighted by atomic mass is 35.5. The average Bonchev–Trinajstić information content (AvgIpc) is 3.00. The van der Waals surface area contributed by atoms with Crippen LogP contribution in [-0.4, -0.2) is 64.6 Å². The Morgan fingerprint density at radius 3 is 2.67 bits per heavy atom. The first-order valence-electron chi connectivity index (χ1n) is 7.24. The maximum atomic E-state index is 12.2. The van der Waals surface area contributed by atoms with Gasteiger partial charge in [0.2, 0.25) is 11.8 Å². The van der Waals surface area contributed by atoms with E-state index < -0.39 is 0 Å². The van der Waals surface area contributed by atoms with Crippen molar-refractivity contribution in [1.82, 2.24) is 19.4 Å². The van der Waals surface area contributed by atoms with Crippen molar-refractivity contribution in [3.8, 4) is 5.69 Å². The quantitative estimate of drug-likeness (QED) is 0.735. The lowest BCUT2D eigenvalue weighted by Crippen LogP contribution is -2.38. The standard InChI is InChI=1S/C16H19ClN4O2S/c1-19(2)14(22)10-20(3)15(23)11-24-16-18-7-8-21(16)13-6-4-5-12(17)9-13/h4-9H,10-11H2,1-3H3. The normalized spacial score (nSPS) is 10.5. The number of halogens is 1. The van der Waals surface area contributed by atoms with E-state index in [9.17, 15) is 9.59 Å². The number of hydrogen-bond acceptors (Lipinski definition) is 4. The zero-order chi connectivity index (χ0) is 17.7. The zero-order valence-electron chi connectivity index (χ0n) is 13.8. The minimum Gasteiger partial charge on any atom is -0.347 e. The second kappa shape index (κ2) is 8.21. The molecule has 0 spiro atoms. The van der Waals surface area contributed by atoms with Crippen LogP contribution in [0.1, 0.15) is 0 Å². The van der Waals surface area contributed by atoms with Gasteiger partial charge in [0.25, 0.3) is 0 Å². The van der Waals surface area contributed by atoms with E-state index in [-0.39, 0.29) is 24.1 Å². The lowest BCUT2D eigenvalue weighted by Gasteiger charge is -2.19. The summed E-state index contributed by atoms with van der Waals surface area (Å²) in [6.07, 6.45) is 3.49. The number of carbonyl (C=O) groups excluding carboxylic acids is 2. The summed E-state index contributed by atoms with van der Waals surface area (Å²) in [5.41, 5.74) is 0.881. The first kappa shape index (κ1) is 18.4. The van der Waals surface area contributed by atoms with Crippen LogP contribution in [0.2, 0.25) is 5.02 Å². The summed E-state index contributed by atoms with van der Waals surface area (Å²) in [6, 6.07) is 7.41. The van der Waals surface area contributed by atoms with E-state index >= 15 is 0 Å². The molecule has 0 aliphatic heterocycles. The first-order chi connectivity index (χ1) is 11.4. The number of likely N-dealkylation sites (N-methyl/N-ethyl adjacent to an activating group) is 2. The molecule has 0 aliphatic carbocycles. The number of rotatable bonds is 6. The number of amides is 2. The fourth-order valence-electron chi connectivity index (χ4n) is 1.89. The molecule has 2 amide bonds. The van der Waals surface area contributed by atoms with Crippen LogP contribution < -0.4 is 0 Å². The molecule has 2 aromatic rings. The minimum absolute atomic E-state index is 0.0646. The topological polar surface area (TPSA) is 58.4 Å². The molecule has 0 atom stereocenters. The monoisotopic (exact) mass is 366 g/mol. The van der Waals surface area contributed by atoms with Crippen molar-refractivity contribution < 1.29 is 9.59 Å². The number of aromatic nitrogens is 2. The molecule has 1 aromatic heterocycles. The summed E-state index contributed by atoms with van der Waals surface area (Å²) in [4.78, 5) is 31.0. The molecule has 24 heavy (non-hydrogen) atoms. The Kier molecular flexibility index (Phi) is 6.28. The van der Waals surface area contributed by atoms with Gasteiger partial charge < -0.3 is 9.80 Å². The summed E-state index contributed by atoms with van der Waals surface area (Å²) in [7, 11) is 4.95. The van der Waals surface area contributed by atoms with Gasteiger partial charge in [-0.15, -0.1) is 0 Å². The van der Waals surface area contributed by atoms with E-state index in [1.807, 2.05) is 29.0 Å². The Bertz CT molecular complexity index is 732. The fraction of sp³-hybridized carbons (Fsp3) is 0.312. The summed E-state index contributed by atoms with van der Waals surface area (Å²) < 4.78 is 1.87. The van der Waals surface area contributed by atoms with Crippen LogP contribution in [0.15, 0.2) is 41.8 Å². The fourth-order valence-corrected chi connectivity index (χ4v) is 2.99. The number of thioether (sulfide) groups is 1. The smallest absolute Gasteiger partial charge is 0.241 e. The van der Waals surface area contributed by atoms with Gasteiger partial charge in [-0.3, -0.25) is 14.2 Å². The molecule has 0 N–H and O–H groups in total. The highest BCUT2D eigenvalue weighted by molar-refractivity contribution is 7.99. The van der Waals surface area contributed by atoms with Crippen LogP contribution in [0, 0.1) is 0 Å². The number of carbonyl (C=O) groups is 2. The van der Waals surface area contributed by atoms with Gasteiger partial charge in [0.1, 0.15) is 0 Å². The van der Waals surface area contributed by atoms with E-state index in [0.29, 0.717) is 10.2 Å². The number of imidazole rings is 1. The lowest BCUT2D eigenvalue weighted by atomic mass is 10.3. The zero-order valence-corrected chi connectivity index (χ0v) is 15.3. The Morgan fingerprint density at radius 2 is 2.00 bits per heavy atom. The van der Waals surface area contributed by atoms with Crippen molar-refractivity contribution in [2.45, 2.75) is 5.16 Å². The third-order valence-corrected chi connectivity index (χ3v) is 4.50. The Balaban J connectivity index is 1.99. The number of benzene rings is 1. The SMILES string of the molecule is CN(C)C(=O)CN(C)C(=O)CSc1nccn1-c1cccc(Cl)c1. The molecule has 0 unspecified atom stereocenters. The highest BCUT2D eigenvalue weighted by Gasteiger charge is 2.16. The molecule has 0 saturated heterocycles. The largest absolute Gasteiger partial charge is 0.347 e. The van der Waals surface area contributed by atoms with Gasteiger partial charge in [0, 0.05) is 44.2 Å². The van der Waals surface area contributed by atoms with Crippen molar-refractivity contribution in [1.29, 1.82) is 0 Å². The molecule has 0 saturated carbocycles. The summed E-state index contributed by atoms with van der Waals surface area (Å²) in [5.74, 6) is -0.0402. The maximum absolute atomic E-state index is 12.2.